The van der Waals surface area contributed by atoms with E-state index < -0.39 is 0 Å². The van der Waals surface area contributed by atoms with Crippen LogP contribution in [0.3, 0.4) is 0 Å². The van der Waals surface area contributed by atoms with Crippen molar-refractivity contribution in [2.75, 3.05) is 14.2 Å². The second-order valence-corrected chi connectivity index (χ2v) is 15.2. The standard InChI is InChI=1S/C32H22N6O2S4/c1-31(2)15-9-19(29-17(39-7)11-23(43-29)37-21(13-33)35-5)41-27(15)26-25(31)28-16(32(26,3)4)10-20(42-28)30-18(40-8)12-24(44-30)38-22(14-34)36-6/h9-12H,1-4,7-8H3. The summed E-state index contributed by atoms with van der Waals surface area (Å²) >= 11 is 6.31. The van der Waals surface area contributed by atoms with Gasteiger partial charge in [0.1, 0.15) is 23.6 Å². The van der Waals surface area contributed by atoms with Crippen LogP contribution in [0.2, 0.25) is 0 Å². The van der Waals surface area contributed by atoms with E-state index in [0.29, 0.717) is 21.5 Å². The zero-order valence-electron chi connectivity index (χ0n) is 24.4. The Balaban J connectivity index is 1.45. The van der Waals surface area contributed by atoms with Crippen LogP contribution in [0.15, 0.2) is 34.3 Å². The maximum absolute atomic E-state index is 9.17. The molecule has 6 rings (SSSR count). The first-order valence-corrected chi connectivity index (χ1v) is 16.4. The molecule has 0 saturated carbocycles. The molecule has 0 atom stereocenters. The molecule has 12 heteroatoms. The Morgan fingerprint density at radius 3 is 1.39 bits per heavy atom. The molecule has 0 radical (unpaired) electrons. The van der Waals surface area contributed by atoms with Gasteiger partial charge in [-0.2, -0.15) is 0 Å². The van der Waals surface area contributed by atoms with Gasteiger partial charge in [-0.25, -0.2) is 10.5 Å². The van der Waals surface area contributed by atoms with E-state index in [2.05, 4.69) is 59.5 Å². The van der Waals surface area contributed by atoms with Crippen LogP contribution >= 0.6 is 45.3 Å². The molecule has 0 aliphatic heterocycles. The second-order valence-electron chi connectivity index (χ2n) is 11.0. The molecule has 8 nitrogen and oxygen atoms in total. The average molecular weight is 651 g/mol. The Hall–Kier alpha value is -4.56. The predicted molar refractivity (Wildman–Crippen MR) is 180 cm³/mol. The first-order valence-electron chi connectivity index (χ1n) is 13.2. The number of ether oxygens (including phenoxy) is 2. The first-order chi connectivity index (χ1) is 21.0. The van der Waals surface area contributed by atoms with Gasteiger partial charge in [-0.15, -0.1) is 22.7 Å². The molecule has 2 aliphatic rings. The highest BCUT2D eigenvalue weighted by Crippen LogP contribution is 2.67. The van der Waals surface area contributed by atoms with Crippen molar-refractivity contribution in [1.29, 1.82) is 10.5 Å². The topological polar surface area (TPSA) is 99.5 Å². The Morgan fingerprint density at radius 1 is 0.682 bits per heavy atom. The quantitative estimate of drug-likeness (QED) is 0.118. The lowest BCUT2D eigenvalue weighted by Gasteiger charge is -2.23. The molecule has 0 saturated heterocycles. The van der Waals surface area contributed by atoms with E-state index >= 15 is 0 Å². The number of amidine groups is 2. The van der Waals surface area contributed by atoms with E-state index in [1.54, 1.807) is 49.0 Å². The Morgan fingerprint density at radius 2 is 1.07 bits per heavy atom. The van der Waals surface area contributed by atoms with Crippen LogP contribution in [-0.4, -0.2) is 25.9 Å². The Bertz CT molecular complexity index is 1970. The van der Waals surface area contributed by atoms with E-state index in [4.69, 9.17) is 22.6 Å². The lowest BCUT2D eigenvalue weighted by atomic mass is 9.80. The first kappa shape index (κ1) is 29.5. The maximum atomic E-state index is 9.17. The minimum Gasteiger partial charge on any atom is -0.495 e. The number of methoxy groups -OCH3 is 2. The molecule has 0 bridgehead atoms. The van der Waals surface area contributed by atoms with Crippen molar-refractivity contribution in [3.63, 3.8) is 0 Å². The smallest absolute Gasteiger partial charge is 0.350 e. The minimum atomic E-state index is -0.250. The summed E-state index contributed by atoms with van der Waals surface area (Å²) in [6, 6.07) is 11.7. The van der Waals surface area contributed by atoms with E-state index in [1.807, 2.05) is 12.1 Å². The van der Waals surface area contributed by atoms with Gasteiger partial charge >= 0.3 is 11.7 Å². The molecular weight excluding hydrogens is 629 g/mol. The Labute approximate surface area is 270 Å². The molecule has 0 amide bonds. The molecule has 0 N–H and O–H groups in total. The average Bonchev–Trinajstić information content (AvgIpc) is 3.83. The van der Waals surface area contributed by atoms with Crippen LogP contribution in [0.5, 0.6) is 11.5 Å². The molecule has 2 aliphatic carbocycles. The predicted octanol–water partition coefficient (Wildman–Crippen LogP) is 9.72. The van der Waals surface area contributed by atoms with Gasteiger partial charge < -0.3 is 19.2 Å². The van der Waals surface area contributed by atoms with Crippen LogP contribution in [0.25, 0.3) is 40.3 Å². The molecular formula is C32H22N6O2S4. The molecule has 216 valence electrons. The molecule has 0 fully saturated rings. The van der Waals surface area contributed by atoms with Gasteiger partial charge in [0.2, 0.25) is 10.0 Å². The fourth-order valence-electron chi connectivity index (χ4n) is 5.83. The number of aliphatic imine (C=N–C) groups is 2. The zero-order valence-corrected chi connectivity index (χ0v) is 27.7. The van der Waals surface area contributed by atoms with Crippen LogP contribution < -0.4 is 9.47 Å². The van der Waals surface area contributed by atoms with Crippen molar-refractivity contribution in [2.24, 2.45) is 9.98 Å². The van der Waals surface area contributed by atoms with Gasteiger partial charge in [0.05, 0.1) is 24.0 Å². The van der Waals surface area contributed by atoms with Gasteiger partial charge in [-0.1, -0.05) is 73.5 Å². The highest BCUT2D eigenvalue weighted by molar-refractivity contribution is 7.26. The van der Waals surface area contributed by atoms with Crippen molar-refractivity contribution in [1.82, 2.24) is 0 Å². The maximum Gasteiger partial charge on any atom is 0.350 e. The van der Waals surface area contributed by atoms with Crippen LogP contribution in [0, 0.1) is 35.8 Å². The molecule has 4 aromatic rings. The van der Waals surface area contributed by atoms with Gasteiger partial charge in [0.15, 0.2) is 0 Å². The lowest BCUT2D eigenvalue weighted by molar-refractivity contribution is 0.418. The molecule has 44 heavy (non-hydrogen) atoms. The molecule has 0 unspecified atom stereocenters. The van der Waals surface area contributed by atoms with E-state index in [1.165, 1.54) is 54.7 Å². The normalized spacial score (nSPS) is 16.0. The molecule has 0 spiro atoms. The molecule has 4 aromatic heterocycles. The van der Waals surface area contributed by atoms with Crippen molar-refractivity contribution in [2.45, 2.75) is 38.5 Å². The molecule has 0 aromatic carbocycles. The summed E-state index contributed by atoms with van der Waals surface area (Å²) in [6.45, 7) is 23.4. The lowest BCUT2D eigenvalue weighted by Crippen LogP contribution is -2.16. The van der Waals surface area contributed by atoms with Gasteiger partial charge in [-0.05, 0) is 34.4 Å². The highest BCUT2D eigenvalue weighted by Gasteiger charge is 2.52. The number of nitriles is 2. The highest BCUT2D eigenvalue weighted by atomic mass is 32.1. The number of rotatable bonds is 6. The Kier molecular flexibility index (Phi) is 7.08. The minimum absolute atomic E-state index is 0.206. The third kappa shape index (κ3) is 4.31. The zero-order chi connectivity index (χ0) is 31.6. The van der Waals surface area contributed by atoms with Crippen LogP contribution in [0.1, 0.15) is 48.6 Å². The summed E-state index contributed by atoms with van der Waals surface area (Å²) < 4.78 is 11.4. The van der Waals surface area contributed by atoms with E-state index in [0.717, 1.165) is 19.5 Å². The summed E-state index contributed by atoms with van der Waals surface area (Å²) in [4.78, 5) is 21.3. The summed E-state index contributed by atoms with van der Waals surface area (Å²) in [5.74, 6) is 0.930. The number of hydrogen-bond donors (Lipinski definition) is 0. The van der Waals surface area contributed by atoms with Gasteiger partial charge in [-0.3, -0.25) is 0 Å². The van der Waals surface area contributed by atoms with Gasteiger partial charge in [0.25, 0.3) is 0 Å². The number of allylic oxidation sites excluding steroid dienone is 2. The monoisotopic (exact) mass is 650 g/mol. The van der Waals surface area contributed by atoms with Crippen molar-refractivity contribution in [3.05, 3.63) is 68.0 Å². The summed E-state index contributed by atoms with van der Waals surface area (Å²) in [6.07, 6.45) is 0. The second kappa shape index (κ2) is 10.6. The van der Waals surface area contributed by atoms with Crippen molar-refractivity contribution >= 4 is 78.2 Å². The third-order valence-electron chi connectivity index (χ3n) is 7.87. The number of nitrogens with zero attached hydrogens (tertiary/aromatic N) is 6. The van der Waals surface area contributed by atoms with Crippen molar-refractivity contribution < 1.29 is 9.47 Å². The van der Waals surface area contributed by atoms with Crippen LogP contribution in [-0.2, 0) is 10.8 Å². The molecule has 4 heterocycles. The summed E-state index contributed by atoms with van der Waals surface area (Å²) in [5.41, 5.74) is 4.72. The fraction of sp³-hybridized carbons (Fsp3) is 0.250. The van der Waals surface area contributed by atoms with Gasteiger partial charge in [0, 0.05) is 42.5 Å². The van der Waals surface area contributed by atoms with E-state index in [-0.39, 0.29) is 22.5 Å². The van der Waals surface area contributed by atoms with Crippen LogP contribution in [0.4, 0.5) is 10.0 Å². The summed E-state index contributed by atoms with van der Waals surface area (Å²) in [5, 5.41) is 19.5. The largest absolute Gasteiger partial charge is 0.495 e. The van der Waals surface area contributed by atoms with Crippen molar-refractivity contribution in [3.8, 4) is 43.1 Å². The fourth-order valence-corrected chi connectivity index (χ4v) is 11.1. The number of thiophene rings is 4. The number of fused-ring (bicyclic) bond motifs is 4. The summed E-state index contributed by atoms with van der Waals surface area (Å²) in [7, 11) is 3.23. The third-order valence-corrected chi connectivity index (χ3v) is 12.6. The SMILES string of the molecule is [C-]#[N+]C(C#N)=Nc1cc(OC)c(-c2cc3c(s2)C2=C(c4sc(-c5sc(N=C(C#N)[N+]#[C-])cc5OC)cc4C2(C)C)C3(C)C)s1. The number of hydrogen-bond acceptors (Lipinski definition) is 10. The van der Waals surface area contributed by atoms with E-state index in [9.17, 15) is 10.5 Å².